The Morgan fingerprint density at radius 1 is 1.08 bits per heavy atom. The van der Waals surface area contributed by atoms with Gasteiger partial charge in [-0.1, -0.05) is 24.3 Å². The van der Waals surface area contributed by atoms with Crippen LogP contribution in [0.5, 0.6) is 11.5 Å². The Morgan fingerprint density at radius 3 is 2.76 bits per heavy atom. The molecular formula is C20H18N2O3. The Bertz CT molecular complexity index is 934. The van der Waals surface area contributed by atoms with E-state index in [1.165, 1.54) is 0 Å². The Morgan fingerprint density at radius 2 is 1.88 bits per heavy atom. The molecule has 1 aromatic heterocycles. The number of carbonyl (C=O) groups excluding carboxylic acids is 1. The third-order valence-electron chi connectivity index (χ3n) is 4.29. The first-order valence-corrected chi connectivity index (χ1v) is 8.26. The minimum absolute atomic E-state index is 0.147. The molecule has 2 heterocycles. The number of pyridine rings is 1. The molecule has 4 rings (SSSR count). The fraction of sp³-hybridized carbons (Fsp3) is 0.200. The Balaban J connectivity index is 1.58. The Kier molecular flexibility index (Phi) is 3.98. The first kappa shape index (κ1) is 15.4. The van der Waals surface area contributed by atoms with Crippen molar-refractivity contribution >= 4 is 16.8 Å². The molecule has 0 radical (unpaired) electrons. The van der Waals surface area contributed by atoms with Crippen molar-refractivity contribution in [1.29, 1.82) is 0 Å². The molecule has 1 aliphatic heterocycles. The van der Waals surface area contributed by atoms with E-state index < -0.39 is 0 Å². The summed E-state index contributed by atoms with van der Waals surface area (Å²) in [5.41, 5.74) is 2.24. The summed E-state index contributed by atoms with van der Waals surface area (Å²) in [5.74, 6) is 1.31. The van der Waals surface area contributed by atoms with Crippen LogP contribution in [-0.4, -0.2) is 24.1 Å². The zero-order chi connectivity index (χ0) is 17.2. The molecule has 1 amide bonds. The fourth-order valence-electron chi connectivity index (χ4n) is 2.97. The standard InChI is InChI=1S/C20H18N2O3/c1-13(15-7-8-17-18(12-15)25-11-10-24-17)22-20(23)16-6-2-4-14-5-3-9-21-19(14)16/h2-9,12-13H,10-11H2,1H3,(H,22,23)/t13-/m1/s1. The molecule has 0 bridgehead atoms. The fourth-order valence-corrected chi connectivity index (χ4v) is 2.97. The van der Waals surface area contributed by atoms with Gasteiger partial charge in [0.15, 0.2) is 11.5 Å². The minimum atomic E-state index is -0.165. The van der Waals surface area contributed by atoms with E-state index in [0.29, 0.717) is 24.3 Å². The first-order chi connectivity index (χ1) is 12.2. The topological polar surface area (TPSA) is 60.5 Å². The number of nitrogens with one attached hydrogen (secondary N) is 1. The van der Waals surface area contributed by atoms with Crippen molar-refractivity contribution in [2.24, 2.45) is 0 Å². The van der Waals surface area contributed by atoms with E-state index in [0.717, 1.165) is 22.4 Å². The van der Waals surface area contributed by atoms with E-state index >= 15 is 0 Å². The van der Waals surface area contributed by atoms with E-state index in [-0.39, 0.29) is 11.9 Å². The summed E-state index contributed by atoms with van der Waals surface area (Å²) >= 11 is 0. The van der Waals surface area contributed by atoms with Crippen LogP contribution in [0.25, 0.3) is 10.9 Å². The smallest absolute Gasteiger partial charge is 0.253 e. The first-order valence-electron chi connectivity index (χ1n) is 8.26. The third-order valence-corrected chi connectivity index (χ3v) is 4.29. The molecule has 2 aromatic carbocycles. The molecule has 126 valence electrons. The summed E-state index contributed by atoms with van der Waals surface area (Å²) < 4.78 is 11.2. The van der Waals surface area contributed by atoms with Crippen molar-refractivity contribution in [2.75, 3.05) is 13.2 Å². The van der Waals surface area contributed by atoms with Gasteiger partial charge in [-0.2, -0.15) is 0 Å². The van der Waals surface area contributed by atoms with Gasteiger partial charge in [0.2, 0.25) is 0 Å². The summed E-state index contributed by atoms with van der Waals surface area (Å²) in [6.07, 6.45) is 1.70. The predicted octanol–water partition coefficient (Wildman–Crippen LogP) is 3.50. The molecule has 5 heteroatoms. The SMILES string of the molecule is C[C@@H](NC(=O)c1cccc2cccnc12)c1ccc2c(c1)OCCO2. The maximum atomic E-state index is 12.7. The number of fused-ring (bicyclic) bond motifs is 2. The second kappa shape index (κ2) is 6.43. The number of ether oxygens (including phenoxy) is 2. The lowest BCUT2D eigenvalue weighted by Gasteiger charge is -2.21. The van der Waals surface area contributed by atoms with Crippen LogP contribution in [0.2, 0.25) is 0 Å². The van der Waals surface area contributed by atoms with Crippen LogP contribution < -0.4 is 14.8 Å². The highest BCUT2D eigenvalue weighted by atomic mass is 16.6. The molecule has 3 aromatic rings. The van der Waals surface area contributed by atoms with Gasteiger partial charge in [-0.15, -0.1) is 0 Å². The Labute approximate surface area is 145 Å². The van der Waals surface area contributed by atoms with Gasteiger partial charge in [-0.25, -0.2) is 0 Å². The monoisotopic (exact) mass is 334 g/mol. The number of hydrogen-bond donors (Lipinski definition) is 1. The minimum Gasteiger partial charge on any atom is -0.486 e. The normalized spacial score (nSPS) is 14.1. The molecule has 5 nitrogen and oxygen atoms in total. The number of aromatic nitrogens is 1. The average molecular weight is 334 g/mol. The van der Waals surface area contributed by atoms with Crippen molar-refractivity contribution in [3.05, 3.63) is 65.9 Å². The van der Waals surface area contributed by atoms with Gasteiger partial charge in [0, 0.05) is 11.6 Å². The summed E-state index contributed by atoms with van der Waals surface area (Å²) in [6.45, 7) is 3.05. The quantitative estimate of drug-likeness (QED) is 0.796. The van der Waals surface area contributed by atoms with Gasteiger partial charge >= 0.3 is 0 Å². The van der Waals surface area contributed by atoms with Crippen LogP contribution >= 0.6 is 0 Å². The largest absolute Gasteiger partial charge is 0.486 e. The lowest BCUT2D eigenvalue weighted by molar-refractivity contribution is 0.0941. The zero-order valence-corrected chi connectivity index (χ0v) is 13.9. The molecule has 0 unspecified atom stereocenters. The maximum Gasteiger partial charge on any atom is 0.253 e. The van der Waals surface area contributed by atoms with Crippen LogP contribution in [0.3, 0.4) is 0 Å². The number of benzene rings is 2. The van der Waals surface area contributed by atoms with E-state index in [1.807, 2.05) is 49.4 Å². The number of amides is 1. The van der Waals surface area contributed by atoms with Crippen LogP contribution in [-0.2, 0) is 0 Å². The molecule has 0 saturated heterocycles. The summed E-state index contributed by atoms with van der Waals surface area (Å²) in [4.78, 5) is 17.1. The summed E-state index contributed by atoms with van der Waals surface area (Å²) in [7, 11) is 0. The molecular weight excluding hydrogens is 316 g/mol. The van der Waals surface area contributed by atoms with Gasteiger partial charge < -0.3 is 14.8 Å². The van der Waals surface area contributed by atoms with Crippen molar-refractivity contribution in [3.63, 3.8) is 0 Å². The highest BCUT2D eigenvalue weighted by Crippen LogP contribution is 2.32. The third kappa shape index (κ3) is 3.01. The van der Waals surface area contributed by atoms with Crippen molar-refractivity contribution in [2.45, 2.75) is 13.0 Å². The van der Waals surface area contributed by atoms with Crippen LogP contribution in [0.15, 0.2) is 54.7 Å². The summed E-state index contributed by atoms with van der Waals surface area (Å²) in [5, 5.41) is 3.98. The number of hydrogen-bond acceptors (Lipinski definition) is 4. The lowest BCUT2D eigenvalue weighted by atomic mass is 10.1. The van der Waals surface area contributed by atoms with Gasteiger partial charge in [0.25, 0.3) is 5.91 Å². The van der Waals surface area contributed by atoms with E-state index in [1.54, 1.807) is 12.3 Å². The van der Waals surface area contributed by atoms with Gasteiger partial charge in [-0.05, 0) is 36.8 Å². The van der Waals surface area contributed by atoms with Crippen molar-refractivity contribution in [1.82, 2.24) is 10.3 Å². The molecule has 0 fully saturated rings. The average Bonchev–Trinajstić information content (AvgIpc) is 2.67. The number of para-hydroxylation sites is 1. The Hall–Kier alpha value is -3.08. The van der Waals surface area contributed by atoms with Crippen LogP contribution in [0.1, 0.15) is 28.9 Å². The molecule has 25 heavy (non-hydrogen) atoms. The van der Waals surface area contributed by atoms with Gasteiger partial charge in [-0.3, -0.25) is 9.78 Å². The lowest BCUT2D eigenvalue weighted by Crippen LogP contribution is -2.27. The molecule has 1 aliphatic rings. The second-order valence-electron chi connectivity index (χ2n) is 5.98. The molecule has 0 saturated carbocycles. The molecule has 1 atom stereocenters. The van der Waals surface area contributed by atoms with Gasteiger partial charge in [0.1, 0.15) is 13.2 Å². The number of carbonyl (C=O) groups is 1. The van der Waals surface area contributed by atoms with E-state index in [2.05, 4.69) is 10.3 Å². The number of nitrogens with zero attached hydrogens (tertiary/aromatic N) is 1. The van der Waals surface area contributed by atoms with E-state index in [9.17, 15) is 4.79 Å². The highest BCUT2D eigenvalue weighted by Gasteiger charge is 2.17. The maximum absolute atomic E-state index is 12.7. The predicted molar refractivity (Wildman–Crippen MR) is 95.1 cm³/mol. The van der Waals surface area contributed by atoms with Crippen molar-refractivity contribution in [3.8, 4) is 11.5 Å². The number of rotatable bonds is 3. The van der Waals surface area contributed by atoms with Crippen molar-refractivity contribution < 1.29 is 14.3 Å². The summed E-state index contributed by atoms with van der Waals surface area (Å²) in [6, 6.07) is 15.0. The molecule has 0 spiro atoms. The van der Waals surface area contributed by atoms with Crippen LogP contribution in [0, 0.1) is 0 Å². The molecule has 0 aliphatic carbocycles. The zero-order valence-electron chi connectivity index (χ0n) is 13.9. The van der Waals surface area contributed by atoms with E-state index in [4.69, 9.17) is 9.47 Å². The van der Waals surface area contributed by atoms with Gasteiger partial charge in [0.05, 0.1) is 17.1 Å². The molecule has 1 N–H and O–H groups in total. The van der Waals surface area contributed by atoms with Crippen LogP contribution in [0.4, 0.5) is 0 Å². The second-order valence-corrected chi connectivity index (χ2v) is 5.98. The highest BCUT2D eigenvalue weighted by molar-refractivity contribution is 6.05.